The molecule has 1 aliphatic heterocycles. The average molecular weight is 392 g/mol. The Bertz CT molecular complexity index is 885. The number of rotatable bonds is 3. The molecule has 0 unspecified atom stereocenters. The monoisotopic (exact) mass is 391 g/mol. The molecule has 0 bridgehead atoms. The van der Waals surface area contributed by atoms with Crippen LogP contribution >= 0.6 is 27.3 Å². The van der Waals surface area contributed by atoms with Gasteiger partial charge in [0.15, 0.2) is 5.82 Å². The van der Waals surface area contributed by atoms with Gasteiger partial charge in [-0.1, -0.05) is 6.07 Å². The van der Waals surface area contributed by atoms with Crippen LogP contribution in [-0.2, 0) is 19.5 Å². The van der Waals surface area contributed by atoms with Gasteiger partial charge in [0, 0.05) is 19.5 Å². The smallest absolute Gasteiger partial charge is 0.255 e. The molecule has 7 heteroatoms. The fourth-order valence-electron chi connectivity index (χ4n) is 2.80. The largest absolute Gasteiger partial charge is 0.467 e. The number of thiophene rings is 1. The van der Waals surface area contributed by atoms with E-state index in [1.807, 2.05) is 23.6 Å². The third kappa shape index (κ3) is 3.04. The number of aromatic amines is 1. The number of nitrogens with zero attached hydrogens (tertiary/aromatic N) is 2. The Hall–Kier alpha value is -1.70. The van der Waals surface area contributed by atoms with E-state index in [1.165, 1.54) is 0 Å². The van der Waals surface area contributed by atoms with E-state index in [0.717, 1.165) is 39.3 Å². The summed E-state index contributed by atoms with van der Waals surface area (Å²) in [6.45, 7) is 2.16. The Balaban J connectivity index is 1.59. The minimum Gasteiger partial charge on any atom is -0.467 e. The van der Waals surface area contributed by atoms with Gasteiger partial charge < -0.3 is 9.40 Å². The van der Waals surface area contributed by atoms with Gasteiger partial charge >= 0.3 is 0 Å². The van der Waals surface area contributed by atoms with Crippen molar-refractivity contribution in [2.75, 3.05) is 6.54 Å². The molecule has 0 aromatic carbocycles. The number of furan rings is 1. The van der Waals surface area contributed by atoms with Crippen LogP contribution in [0, 0.1) is 0 Å². The molecule has 1 N–H and O–H groups in total. The van der Waals surface area contributed by atoms with E-state index in [9.17, 15) is 4.79 Å². The molecule has 0 atom stereocenters. The highest BCUT2D eigenvalue weighted by molar-refractivity contribution is 9.10. The fourth-order valence-corrected chi connectivity index (χ4v) is 3.82. The summed E-state index contributed by atoms with van der Waals surface area (Å²) in [5, 5.41) is 1.98. The van der Waals surface area contributed by atoms with Crippen molar-refractivity contribution in [3.63, 3.8) is 0 Å². The molecule has 3 aromatic heterocycles. The summed E-state index contributed by atoms with van der Waals surface area (Å²) in [7, 11) is 0. The first-order chi connectivity index (χ1) is 11.2. The lowest BCUT2D eigenvalue weighted by Crippen LogP contribution is -2.35. The lowest BCUT2D eigenvalue weighted by Gasteiger charge is -2.26. The summed E-state index contributed by atoms with van der Waals surface area (Å²) in [5.74, 6) is 1.56. The van der Waals surface area contributed by atoms with Crippen molar-refractivity contribution >= 4 is 27.3 Å². The Morgan fingerprint density at radius 2 is 2.39 bits per heavy atom. The van der Waals surface area contributed by atoms with Crippen LogP contribution in [0.2, 0.25) is 0 Å². The van der Waals surface area contributed by atoms with Crippen LogP contribution in [0.5, 0.6) is 0 Å². The first-order valence-electron chi connectivity index (χ1n) is 7.30. The van der Waals surface area contributed by atoms with Crippen LogP contribution in [0.3, 0.4) is 0 Å². The Morgan fingerprint density at radius 1 is 1.48 bits per heavy atom. The van der Waals surface area contributed by atoms with E-state index in [4.69, 9.17) is 4.42 Å². The molecule has 0 aliphatic carbocycles. The zero-order valence-corrected chi connectivity index (χ0v) is 14.6. The molecule has 0 amide bonds. The Morgan fingerprint density at radius 3 is 3.13 bits per heavy atom. The topological polar surface area (TPSA) is 62.1 Å². The maximum atomic E-state index is 12.4. The first kappa shape index (κ1) is 14.9. The van der Waals surface area contributed by atoms with E-state index in [0.29, 0.717) is 18.9 Å². The highest BCUT2D eigenvalue weighted by Gasteiger charge is 2.22. The van der Waals surface area contributed by atoms with E-state index >= 15 is 0 Å². The van der Waals surface area contributed by atoms with Gasteiger partial charge in [0.1, 0.15) is 12.0 Å². The van der Waals surface area contributed by atoms with Gasteiger partial charge in [-0.2, -0.15) is 0 Å². The quantitative estimate of drug-likeness (QED) is 0.742. The molecule has 0 radical (unpaired) electrons. The second-order valence-electron chi connectivity index (χ2n) is 5.51. The third-order valence-corrected chi connectivity index (χ3v) is 5.20. The van der Waals surface area contributed by atoms with Gasteiger partial charge in [0.2, 0.25) is 0 Å². The van der Waals surface area contributed by atoms with Crippen LogP contribution in [0.25, 0.3) is 10.7 Å². The first-order valence-corrected chi connectivity index (χ1v) is 8.97. The average Bonchev–Trinajstić information content (AvgIpc) is 3.20. The van der Waals surface area contributed by atoms with E-state index < -0.39 is 0 Å². The summed E-state index contributed by atoms with van der Waals surface area (Å²) in [6, 6.07) is 5.89. The molecule has 4 heterocycles. The number of hydrogen-bond acceptors (Lipinski definition) is 5. The Labute approximate surface area is 145 Å². The van der Waals surface area contributed by atoms with Crippen molar-refractivity contribution in [1.82, 2.24) is 14.9 Å². The van der Waals surface area contributed by atoms with Crippen LogP contribution in [-0.4, -0.2) is 21.4 Å². The van der Waals surface area contributed by atoms with Gasteiger partial charge in [-0.25, -0.2) is 4.98 Å². The van der Waals surface area contributed by atoms with Gasteiger partial charge in [0.05, 0.1) is 27.2 Å². The molecular formula is C16H14BrN3O2S. The number of aromatic nitrogens is 2. The molecule has 0 saturated heterocycles. The molecule has 0 fully saturated rings. The predicted molar refractivity (Wildman–Crippen MR) is 92.4 cm³/mol. The van der Waals surface area contributed by atoms with Crippen molar-refractivity contribution in [1.29, 1.82) is 0 Å². The third-order valence-electron chi connectivity index (χ3n) is 3.90. The van der Waals surface area contributed by atoms with Crippen LogP contribution in [0.15, 0.2) is 43.5 Å². The van der Waals surface area contributed by atoms with Crippen molar-refractivity contribution < 1.29 is 4.42 Å². The molecule has 23 heavy (non-hydrogen) atoms. The molecule has 5 nitrogen and oxygen atoms in total. The van der Waals surface area contributed by atoms with E-state index in [1.54, 1.807) is 17.6 Å². The van der Waals surface area contributed by atoms with Crippen LogP contribution in [0.4, 0.5) is 0 Å². The number of fused-ring (bicyclic) bond motifs is 1. The SMILES string of the molecule is O=c1[nH]c(-c2cccs2)nc2c1CN(Cc1cc(Br)co1)CC2. The lowest BCUT2D eigenvalue weighted by atomic mass is 10.1. The zero-order valence-electron chi connectivity index (χ0n) is 12.2. The summed E-state index contributed by atoms with van der Waals surface area (Å²) in [4.78, 5) is 23.2. The second kappa shape index (κ2) is 6.07. The summed E-state index contributed by atoms with van der Waals surface area (Å²) < 4.78 is 6.40. The van der Waals surface area contributed by atoms with Gasteiger partial charge in [-0.05, 0) is 33.4 Å². The summed E-state index contributed by atoms with van der Waals surface area (Å²) in [5.41, 5.74) is 1.64. The maximum Gasteiger partial charge on any atom is 0.255 e. The highest BCUT2D eigenvalue weighted by atomic mass is 79.9. The molecule has 118 valence electrons. The summed E-state index contributed by atoms with van der Waals surface area (Å²) in [6.07, 6.45) is 2.45. The molecule has 0 spiro atoms. The minimum atomic E-state index is -0.0382. The standard InChI is InChI=1S/C16H14BrN3O2S/c17-10-6-11(22-9-10)7-20-4-3-13-12(8-20)16(21)19-15(18-13)14-2-1-5-23-14/h1-2,5-6,9H,3-4,7-8H2,(H,18,19,21). The van der Waals surface area contributed by atoms with Crippen molar-refractivity contribution in [3.8, 4) is 10.7 Å². The lowest BCUT2D eigenvalue weighted by molar-refractivity contribution is 0.222. The highest BCUT2D eigenvalue weighted by Crippen LogP contribution is 2.23. The number of H-pyrrole nitrogens is 1. The molecule has 0 saturated carbocycles. The molecule has 3 aromatic rings. The van der Waals surface area contributed by atoms with Crippen molar-refractivity contribution in [3.05, 3.63) is 61.7 Å². The molecular weight excluding hydrogens is 378 g/mol. The summed E-state index contributed by atoms with van der Waals surface area (Å²) >= 11 is 4.97. The molecule has 1 aliphatic rings. The van der Waals surface area contributed by atoms with Gasteiger partial charge in [-0.15, -0.1) is 11.3 Å². The van der Waals surface area contributed by atoms with E-state index in [-0.39, 0.29) is 5.56 Å². The van der Waals surface area contributed by atoms with E-state index in [2.05, 4.69) is 30.8 Å². The van der Waals surface area contributed by atoms with Gasteiger partial charge in [-0.3, -0.25) is 9.69 Å². The second-order valence-corrected chi connectivity index (χ2v) is 7.37. The normalized spacial score (nSPS) is 14.8. The zero-order chi connectivity index (χ0) is 15.8. The Kier molecular flexibility index (Phi) is 3.92. The maximum absolute atomic E-state index is 12.4. The van der Waals surface area contributed by atoms with Crippen LogP contribution in [0.1, 0.15) is 17.0 Å². The number of hydrogen-bond donors (Lipinski definition) is 1. The van der Waals surface area contributed by atoms with Crippen LogP contribution < -0.4 is 5.56 Å². The minimum absolute atomic E-state index is 0.0382. The fraction of sp³-hybridized carbons (Fsp3) is 0.250. The molecule has 4 rings (SSSR count). The van der Waals surface area contributed by atoms with Gasteiger partial charge in [0.25, 0.3) is 5.56 Å². The number of halogens is 1. The predicted octanol–water partition coefficient (Wildman–Crippen LogP) is 3.41. The van der Waals surface area contributed by atoms with Crippen molar-refractivity contribution in [2.24, 2.45) is 0 Å². The number of nitrogens with one attached hydrogen (secondary N) is 1. The van der Waals surface area contributed by atoms with Crippen molar-refractivity contribution in [2.45, 2.75) is 19.5 Å².